The van der Waals surface area contributed by atoms with Crippen molar-refractivity contribution in [1.29, 1.82) is 0 Å². The van der Waals surface area contributed by atoms with Gasteiger partial charge in [0.25, 0.3) is 0 Å². The third-order valence-electron chi connectivity index (χ3n) is 3.05. The number of methoxy groups -OCH3 is 1. The van der Waals surface area contributed by atoms with Gasteiger partial charge in [-0.1, -0.05) is 17.7 Å². The highest BCUT2D eigenvalue weighted by atomic mass is 19.1. The number of ether oxygens (including phenoxy) is 2. The van der Waals surface area contributed by atoms with Crippen molar-refractivity contribution in [2.45, 2.75) is 13.0 Å². The number of benzene rings is 2. The molecule has 0 saturated heterocycles. The summed E-state index contributed by atoms with van der Waals surface area (Å²) in [5.74, 6) is -0.616. The Morgan fingerprint density at radius 2 is 1.76 bits per heavy atom. The van der Waals surface area contributed by atoms with E-state index in [1.165, 1.54) is 0 Å². The molecular weight excluding hydrogens is 276 g/mol. The van der Waals surface area contributed by atoms with E-state index in [0.717, 1.165) is 29.3 Å². The SMILES string of the molecule is COc1ccc(C)cc1C(N)COc1cc(F)cc(F)c1. The molecule has 0 aliphatic carbocycles. The molecule has 2 aromatic carbocycles. The molecule has 0 radical (unpaired) electrons. The molecule has 3 nitrogen and oxygen atoms in total. The standard InChI is InChI=1S/C16H17F2NO2/c1-10-3-4-16(20-2)14(5-10)15(19)9-21-13-7-11(17)6-12(18)8-13/h3-8,15H,9,19H2,1-2H3. The maximum atomic E-state index is 13.1. The van der Waals surface area contributed by atoms with Crippen LogP contribution in [0.1, 0.15) is 17.2 Å². The van der Waals surface area contributed by atoms with Gasteiger partial charge in [-0.25, -0.2) is 8.78 Å². The van der Waals surface area contributed by atoms with Gasteiger partial charge < -0.3 is 15.2 Å². The third-order valence-corrected chi connectivity index (χ3v) is 3.05. The lowest BCUT2D eigenvalue weighted by molar-refractivity contribution is 0.284. The quantitative estimate of drug-likeness (QED) is 0.919. The Morgan fingerprint density at radius 1 is 1.10 bits per heavy atom. The van der Waals surface area contributed by atoms with Gasteiger partial charge in [0.15, 0.2) is 0 Å². The molecule has 2 aromatic rings. The molecule has 2 N–H and O–H groups in total. The van der Waals surface area contributed by atoms with Gasteiger partial charge in [0, 0.05) is 23.8 Å². The molecule has 2 rings (SSSR count). The van der Waals surface area contributed by atoms with Crippen LogP contribution in [0, 0.1) is 18.6 Å². The highest BCUT2D eigenvalue weighted by molar-refractivity contribution is 5.39. The summed E-state index contributed by atoms with van der Waals surface area (Å²) in [6.45, 7) is 2.03. The van der Waals surface area contributed by atoms with Crippen LogP contribution in [0.25, 0.3) is 0 Å². The van der Waals surface area contributed by atoms with Gasteiger partial charge >= 0.3 is 0 Å². The molecule has 0 spiro atoms. The van der Waals surface area contributed by atoms with E-state index in [0.29, 0.717) is 5.75 Å². The van der Waals surface area contributed by atoms with Crippen LogP contribution < -0.4 is 15.2 Å². The zero-order valence-corrected chi connectivity index (χ0v) is 11.9. The molecule has 0 amide bonds. The van der Waals surface area contributed by atoms with Gasteiger partial charge in [0.2, 0.25) is 0 Å². The van der Waals surface area contributed by atoms with Gasteiger partial charge in [-0.05, 0) is 13.0 Å². The number of nitrogens with two attached hydrogens (primary N) is 1. The summed E-state index contributed by atoms with van der Waals surface area (Å²) in [6, 6.07) is 8.19. The Hall–Kier alpha value is -2.14. The maximum Gasteiger partial charge on any atom is 0.129 e. The van der Waals surface area contributed by atoms with Crippen LogP contribution in [-0.4, -0.2) is 13.7 Å². The lowest BCUT2D eigenvalue weighted by Gasteiger charge is -2.17. The van der Waals surface area contributed by atoms with Crippen molar-refractivity contribution in [3.8, 4) is 11.5 Å². The third kappa shape index (κ3) is 3.92. The molecule has 0 aliphatic rings. The van der Waals surface area contributed by atoms with Gasteiger partial charge in [-0.3, -0.25) is 0 Å². The van der Waals surface area contributed by atoms with Gasteiger partial charge in [0.1, 0.15) is 29.7 Å². The molecule has 0 aliphatic heterocycles. The minimum Gasteiger partial charge on any atom is -0.496 e. The lowest BCUT2D eigenvalue weighted by atomic mass is 10.0. The summed E-state index contributed by atoms with van der Waals surface area (Å²) >= 11 is 0. The van der Waals surface area contributed by atoms with Crippen molar-refractivity contribution in [2.75, 3.05) is 13.7 Å². The zero-order valence-electron chi connectivity index (χ0n) is 11.9. The Bertz CT molecular complexity index is 611. The number of aryl methyl sites for hydroxylation is 1. The average molecular weight is 293 g/mol. The minimum atomic E-state index is -0.688. The highest BCUT2D eigenvalue weighted by Crippen LogP contribution is 2.26. The van der Waals surface area contributed by atoms with E-state index < -0.39 is 17.7 Å². The second kappa shape index (κ2) is 6.54. The molecule has 0 bridgehead atoms. The van der Waals surface area contributed by atoms with Crippen molar-refractivity contribution >= 4 is 0 Å². The van der Waals surface area contributed by atoms with E-state index in [1.807, 2.05) is 25.1 Å². The Balaban J connectivity index is 2.11. The van der Waals surface area contributed by atoms with Crippen LogP contribution in [0.15, 0.2) is 36.4 Å². The van der Waals surface area contributed by atoms with Crippen molar-refractivity contribution < 1.29 is 18.3 Å². The van der Waals surface area contributed by atoms with Crippen LogP contribution in [-0.2, 0) is 0 Å². The molecule has 0 aromatic heterocycles. The summed E-state index contributed by atoms with van der Waals surface area (Å²) in [7, 11) is 1.56. The first-order valence-corrected chi connectivity index (χ1v) is 6.48. The smallest absolute Gasteiger partial charge is 0.129 e. The molecule has 1 atom stereocenters. The van der Waals surface area contributed by atoms with Crippen LogP contribution in [0.4, 0.5) is 8.78 Å². The first kappa shape index (κ1) is 15.3. The van der Waals surface area contributed by atoms with Crippen LogP contribution in [0.3, 0.4) is 0 Å². The maximum absolute atomic E-state index is 13.1. The van der Waals surface area contributed by atoms with E-state index in [2.05, 4.69) is 0 Å². The van der Waals surface area contributed by atoms with Crippen molar-refractivity contribution in [3.63, 3.8) is 0 Å². The fourth-order valence-corrected chi connectivity index (χ4v) is 2.03. The van der Waals surface area contributed by atoms with Crippen molar-refractivity contribution in [1.82, 2.24) is 0 Å². The topological polar surface area (TPSA) is 44.5 Å². The molecule has 0 heterocycles. The Morgan fingerprint density at radius 3 is 2.38 bits per heavy atom. The summed E-state index contributed by atoms with van der Waals surface area (Å²) < 4.78 is 36.8. The molecule has 21 heavy (non-hydrogen) atoms. The van der Waals surface area contributed by atoms with E-state index in [-0.39, 0.29) is 12.4 Å². The average Bonchev–Trinajstić information content (AvgIpc) is 2.43. The van der Waals surface area contributed by atoms with Crippen LogP contribution in [0.5, 0.6) is 11.5 Å². The van der Waals surface area contributed by atoms with Crippen LogP contribution >= 0.6 is 0 Å². The predicted molar refractivity (Wildman–Crippen MR) is 76.5 cm³/mol. The Kier molecular flexibility index (Phi) is 4.75. The zero-order chi connectivity index (χ0) is 15.4. The molecule has 1 unspecified atom stereocenters. The van der Waals surface area contributed by atoms with Crippen LogP contribution in [0.2, 0.25) is 0 Å². The summed E-state index contributed by atoms with van der Waals surface area (Å²) in [5, 5.41) is 0. The largest absolute Gasteiger partial charge is 0.496 e. The Labute approximate surface area is 122 Å². The van der Waals surface area contributed by atoms with Gasteiger partial charge in [-0.2, -0.15) is 0 Å². The monoisotopic (exact) mass is 293 g/mol. The normalized spacial score (nSPS) is 12.0. The number of hydrogen-bond acceptors (Lipinski definition) is 3. The number of halogens is 2. The first-order chi connectivity index (χ1) is 9.99. The van der Waals surface area contributed by atoms with E-state index in [1.54, 1.807) is 7.11 Å². The van der Waals surface area contributed by atoms with Gasteiger partial charge in [0.05, 0.1) is 13.2 Å². The molecular formula is C16H17F2NO2. The first-order valence-electron chi connectivity index (χ1n) is 6.48. The highest BCUT2D eigenvalue weighted by Gasteiger charge is 2.13. The predicted octanol–water partition coefficient (Wildman–Crippen LogP) is 3.36. The fourth-order valence-electron chi connectivity index (χ4n) is 2.03. The van der Waals surface area contributed by atoms with Gasteiger partial charge in [-0.15, -0.1) is 0 Å². The number of hydrogen-bond donors (Lipinski definition) is 1. The van der Waals surface area contributed by atoms with Crippen molar-refractivity contribution in [3.05, 3.63) is 59.2 Å². The summed E-state index contributed by atoms with van der Waals surface area (Å²) in [6.07, 6.45) is 0. The van der Waals surface area contributed by atoms with E-state index in [9.17, 15) is 8.78 Å². The molecule has 5 heteroatoms. The lowest BCUT2D eigenvalue weighted by Crippen LogP contribution is -2.20. The molecule has 0 fully saturated rings. The minimum absolute atomic E-state index is 0.0860. The van der Waals surface area contributed by atoms with E-state index >= 15 is 0 Å². The number of rotatable bonds is 5. The second-order valence-electron chi connectivity index (χ2n) is 4.77. The summed E-state index contributed by atoms with van der Waals surface area (Å²) in [4.78, 5) is 0. The van der Waals surface area contributed by atoms with Crippen molar-refractivity contribution in [2.24, 2.45) is 5.73 Å². The summed E-state index contributed by atoms with van der Waals surface area (Å²) in [5.41, 5.74) is 7.90. The molecule has 0 saturated carbocycles. The second-order valence-corrected chi connectivity index (χ2v) is 4.77. The molecule has 112 valence electrons. The van der Waals surface area contributed by atoms with E-state index in [4.69, 9.17) is 15.2 Å². The fraction of sp³-hybridized carbons (Fsp3) is 0.250.